The summed E-state index contributed by atoms with van der Waals surface area (Å²) in [6, 6.07) is 9.38. The number of hydrogen-bond donors (Lipinski definition) is 1. The molecule has 8 nitrogen and oxygen atoms in total. The predicted octanol–water partition coefficient (Wildman–Crippen LogP) is 1.74. The highest BCUT2D eigenvalue weighted by Gasteiger charge is 2.19. The number of hydrogen-bond acceptors (Lipinski definition) is 7. The second-order valence-corrected chi connectivity index (χ2v) is 8.06. The van der Waals surface area contributed by atoms with Gasteiger partial charge in [-0.2, -0.15) is 0 Å². The van der Waals surface area contributed by atoms with Gasteiger partial charge in [0.1, 0.15) is 5.82 Å². The van der Waals surface area contributed by atoms with Crippen LogP contribution in [0.25, 0.3) is 0 Å². The van der Waals surface area contributed by atoms with Crippen molar-refractivity contribution in [2.45, 2.75) is 19.8 Å². The van der Waals surface area contributed by atoms with Crippen LogP contribution in [-0.4, -0.2) is 55.5 Å². The van der Waals surface area contributed by atoms with Gasteiger partial charge in [-0.05, 0) is 30.7 Å². The van der Waals surface area contributed by atoms with E-state index in [9.17, 15) is 8.42 Å². The van der Waals surface area contributed by atoms with Crippen molar-refractivity contribution in [3.8, 4) is 0 Å². The molecular formula is C17H24N6O2S. The van der Waals surface area contributed by atoms with Crippen LogP contribution in [0.1, 0.15) is 19.8 Å². The Kier molecular flexibility index (Phi) is 5.87. The highest BCUT2D eigenvalue weighted by molar-refractivity contribution is 7.92. The van der Waals surface area contributed by atoms with Crippen molar-refractivity contribution in [1.82, 2.24) is 15.2 Å². The SMILES string of the molecule is CCCCS(=O)(=O)Nc1ccc(N2CCN(c3ccccn3)CC2)nn1. The van der Waals surface area contributed by atoms with Gasteiger partial charge >= 0.3 is 0 Å². The largest absolute Gasteiger partial charge is 0.353 e. The van der Waals surface area contributed by atoms with E-state index in [1.165, 1.54) is 0 Å². The van der Waals surface area contributed by atoms with E-state index >= 15 is 0 Å². The molecule has 0 aromatic carbocycles. The van der Waals surface area contributed by atoms with Gasteiger partial charge in [-0.3, -0.25) is 4.72 Å². The fourth-order valence-electron chi connectivity index (χ4n) is 2.80. The average molecular weight is 376 g/mol. The predicted molar refractivity (Wildman–Crippen MR) is 103 cm³/mol. The molecule has 0 saturated carbocycles. The Labute approximate surface area is 154 Å². The Balaban J connectivity index is 1.56. The topological polar surface area (TPSA) is 91.3 Å². The zero-order chi connectivity index (χ0) is 18.4. The molecule has 1 fully saturated rings. The molecule has 3 rings (SSSR count). The number of rotatable bonds is 7. The van der Waals surface area contributed by atoms with Gasteiger partial charge in [-0.1, -0.05) is 19.4 Å². The van der Waals surface area contributed by atoms with Gasteiger partial charge in [0.25, 0.3) is 0 Å². The molecule has 0 atom stereocenters. The van der Waals surface area contributed by atoms with E-state index < -0.39 is 10.0 Å². The van der Waals surface area contributed by atoms with Crippen LogP contribution >= 0.6 is 0 Å². The molecule has 9 heteroatoms. The molecule has 1 N–H and O–H groups in total. The molecule has 0 bridgehead atoms. The number of piperazine rings is 1. The second-order valence-electron chi connectivity index (χ2n) is 6.21. The van der Waals surface area contributed by atoms with Crippen LogP contribution in [0.5, 0.6) is 0 Å². The van der Waals surface area contributed by atoms with E-state index in [1.807, 2.05) is 25.1 Å². The number of aromatic nitrogens is 3. The molecule has 0 amide bonds. The van der Waals surface area contributed by atoms with E-state index in [1.54, 1.807) is 18.3 Å². The summed E-state index contributed by atoms with van der Waals surface area (Å²) in [4.78, 5) is 8.76. The summed E-state index contributed by atoms with van der Waals surface area (Å²) >= 11 is 0. The van der Waals surface area contributed by atoms with Crippen LogP contribution in [0.4, 0.5) is 17.5 Å². The van der Waals surface area contributed by atoms with E-state index in [-0.39, 0.29) is 11.6 Å². The quantitative estimate of drug-likeness (QED) is 0.787. The second kappa shape index (κ2) is 8.31. The van der Waals surface area contributed by atoms with E-state index in [0.717, 1.165) is 44.2 Å². The van der Waals surface area contributed by atoms with Crippen molar-refractivity contribution in [3.05, 3.63) is 36.5 Å². The molecule has 140 valence electrons. The number of sulfonamides is 1. The summed E-state index contributed by atoms with van der Waals surface area (Å²) < 4.78 is 26.3. The first kappa shape index (κ1) is 18.4. The van der Waals surface area contributed by atoms with Crippen molar-refractivity contribution in [2.75, 3.05) is 46.5 Å². The van der Waals surface area contributed by atoms with Crippen molar-refractivity contribution in [2.24, 2.45) is 0 Å². The third-order valence-corrected chi connectivity index (χ3v) is 5.60. The number of pyridine rings is 1. The smallest absolute Gasteiger partial charge is 0.233 e. The van der Waals surface area contributed by atoms with Crippen molar-refractivity contribution in [3.63, 3.8) is 0 Å². The first-order valence-corrected chi connectivity index (χ1v) is 10.5. The maximum Gasteiger partial charge on any atom is 0.233 e. The van der Waals surface area contributed by atoms with Gasteiger partial charge in [0.2, 0.25) is 10.0 Å². The normalized spacial score (nSPS) is 15.1. The molecule has 1 aliphatic heterocycles. The first-order chi connectivity index (χ1) is 12.6. The molecule has 3 heterocycles. The average Bonchev–Trinajstić information content (AvgIpc) is 2.68. The van der Waals surface area contributed by atoms with Gasteiger partial charge in [-0.15, -0.1) is 10.2 Å². The van der Waals surface area contributed by atoms with E-state index in [4.69, 9.17) is 0 Å². The fourth-order valence-corrected chi connectivity index (χ4v) is 4.00. The molecule has 0 unspecified atom stereocenters. The molecule has 1 aliphatic rings. The van der Waals surface area contributed by atoms with Gasteiger partial charge in [0.15, 0.2) is 11.6 Å². The van der Waals surface area contributed by atoms with Gasteiger partial charge in [0, 0.05) is 32.4 Å². The summed E-state index contributed by atoms with van der Waals surface area (Å²) in [5, 5.41) is 8.20. The van der Waals surface area contributed by atoms with Crippen molar-refractivity contribution < 1.29 is 8.42 Å². The third-order valence-electron chi connectivity index (χ3n) is 4.25. The Hall–Kier alpha value is -2.42. The maximum absolute atomic E-state index is 11.9. The summed E-state index contributed by atoms with van der Waals surface area (Å²) in [7, 11) is -3.35. The maximum atomic E-state index is 11.9. The third kappa shape index (κ3) is 4.81. The minimum Gasteiger partial charge on any atom is -0.353 e. The zero-order valence-electron chi connectivity index (χ0n) is 14.9. The van der Waals surface area contributed by atoms with Crippen LogP contribution in [0.2, 0.25) is 0 Å². The van der Waals surface area contributed by atoms with Gasteiger partial charge in [0.05, 0.1) is 5.75 Å². The van der Waals surface area contributed by atoms with E-state index in [2.05, 4.69) is 29.7 Å². The van der Waals surface area contributed by atoms with Crippen molar-refractivity contribution in [1.29, 1.82) is 0 Å². The minimum absolute atomic E-state index is 0.0996. The molecule has 2 aromatic heterocycles. The number of nitrogens with zero attached hydrogens (tertiary/aromatic N) is 5. The molecule has 26 heavy (non-hydrogen) atoms. The van der Waals surface area contributed by atoms with Crippen LogP contribution in [0.3, 0.4) is 0 Å². The van der Waals surface area contributed by atoms with Crippen LogP contribution in [0.15, 0.2) is 36.5 Å². The van der Waals surface area contributed by atoms with Gasteiger partial charge < -0.3 is 9.80 Å². The first-order valence-electron chi connectivity index (χ1n) is 8.82. The molecule has 0 aliphatic carbocycles. The standard InChI is InChI=1S/C17H24N6O2S/c1-2-3-14-26(24,25)21-15-7-8-17(20-19-15)23-12-10-22(11-13-23)16-6-4-5-9-18-16/h4-9H,2-3,10-14H2,1H3,(H,19,21). The minimum atomic E-state index is -3.35. The summed E-state index contributed by atoms with van der Waals surface area (Å²) in [5.74, 6) is 2.09. The lowest BCUT2D eigenvalue weighted by Gasteiger charge is -2.35. The molecule has 0 radical (unpaired) electrons. The Morgan fingerprint density at radius 2 is 1.73 bits per heavy atom. The molecule has 2 aromatic rings. The zero-order valence-corrected chi connectivity index (χ0v) is 15.7. The monoisotopic (exact) mass is 376 g/mol. The number of unbranched alkanes of at least 4 members (excludes halogenated alkanes) is 1. The Morgan fingerprint density at radius 3 is 2.31 bits per heavy atom. The van der Waals surface area contributed by atoms with Gasteiger partial charge in [-0.25, -0.2) is 13.4 Å². The highest BCUT2D eigenvalue weighted by Crippen LogP contribution is 2.18. The number of nitrogens with one attached hydrogen (secondary N) is 1. The highest BCUT2D eigenvalue weighted by atomic mass is 32.2. The summed E-state index contributed by atoms with van der Waals surface area (Å²) in [6.45, 7) is 5.28. The summed E-state index contributed by atoms with van der Waals surface area (Å²) in [6.07, 6.45) is 3.25. The lowest BCUT2D eigenvalue weighted by molar-refractivity contribution is 0.597. The van der Waals surface area contributed by atoms with Crippen LogP contribution < -0.4 is 14.5 Å². The lowest BCUT2D eigenvalue weighted by Crippen LogP contribution is -2.47. The molecule has 0 spiro atoms. The van der Waals surface area contributed by atoms with E-state index in [0.29, 0.717) is 6.42 Å². The van der Waals surface area contributed by atoms with Crippen LogP contribution in [0, 0.1) is 0 Å². The van der Waals surface area contributed by atoms with Crippen LogP contribution in [-0.2, 0) is 10.0 Å². The Morgan fingerprint density at radius 1 is 1.00 bits per heavy atom. The fraction of sp³-hybridized carbons (Fsp3) is 0.471. The van der Waals surface area contributed by atoms with Crippen molar-refractivity contribution >= 4 is 27.5 Å². The lowest BCUT2D eigenvalue weighted by atomic mass is 10.3. The number of anilines is 3. The molecular weight excluding hydrogens is 352 g/mol. The summed E-state index contributed by atoms with van der Waals surface area (Å²) in [5.41, 5.74) is 0. The molecule has 1 saturated heterocycles. The Bertz CT molecular complexity index is 790.